The van der Waals surface area contributed by atoms with E-state index in [1.807, 2.05) is 24.3 Å². The first-order chi connectivity index (χ1) is 40.7. The van der Waals surface area contributed by atoms with Gasteiger partial charge in [0.15, 0.2) is 0 Å². The molecule has 0 saturated carbocycles. The summed E-state index contributed by atoms with van der Waals surface area (Å²) in [6.07, 6.45) is 12.2. The molecule has 0 fully saturated rings. The Morgan fingerprint density at radius 2 is 0.524 bits per heavy atom. The summed E-state index contributed by atoms with van der Waals surface area (Å²) in [4.78, 5) is 70.8. The molecular formula is C72H58N4O8. The molecule has 0 saturated heterocycles. The molecule has 8 bridgehead atoms. The third-order valence-corrected chi connectivity index (χ3v) is 15.1. The van der Waals surface area contributed by atoms with E-state index in [1.165, 1.54) is 52.7 Å². The molecule has 2 aliphatic rings. The Kier molecular flexibility index (Phi) is 15.4. The maximum Gasteiger partial charge on any atom is 0.330 e. The number of aromatic amines is 2. The lowest BCUT2D eigenvalue weighted by molar-refractivity contribution is -0.135. The van der Waals surface area contributed by atoms with Crippen LogP contribution in [0.5, 0.6) is 0 Å². The molecule has 5 heterocycles. The summed E-state index contributed by atoms with van der Waals surface area (Å²) in [5.74, 6) is -2.20. The maximum atomic E-state index is 12.8. The van der Waals surface area contributed by atoms with Crippen LogP contribution in [-0.2, 0) is 38.1 Å². The van der Waals surface area contributed by atoms with Gasteiger partial charge in [0.1, 0.15) is 0 Å². The number of ether oxygens (including phenoxy) is 4. The molecule has 0 spiro atoms. The van der Waals surface area contributed by atoms with Crippen molar-refractivity contribution in [3.63, 3.8) is 0 Å². The minimum absolute atomic E-state index is 0.550. The van der Waals surface area contributed by atoms with Crippen molar-refractivity contribution < 1.29 is 38.1 Å². The summed E-state index contributed by atoms with van der Waals surface area (Å²) in [7, 11) is 5.30. The lowest BCUT2D eigenvalue weighted by atomic mass is 9.90. The fraction of sp³-hybridized carbons (Fsp3) is 0.111. The number of esters is 4. The molecule has 6 aromatic carbocycles. The number of carbonyl (C=O) groups excluding carboxylic acids is 4. The predicted molar refractivity (Wildman–Crippen MR) is 335 cm³/mol. The van der Waals surface area contributed by atoms with Gasteiger partial charge in [0.2, 0.25) is 0 Å². The molecule has 3 aromatic heterocycles. The van der Waals surface area contributed by atoms with Crippen molar-refractivity contribution in [2.45, 2.75) is 27.7 Å². The second kappa shape index (κ2) is 23.4. The second-order valence-corrected chi connectivity index (χ2v) is 20.6. The van der Waals surface area contributed by atoms with Crippen LogP contribution < -0.4 is 0 Å². The van der Waals surface area contributed by atoms with Gasteiger partial charge in [0, 0.05) is 90.9 Å². The summed E-state index contributed by atoms with van der Waals surface area (Å²) in [5, 5.41) is 0. The van der Waals surface area contributed by atoms with Crippen molar-refractivity contribution >= 4 is 70.2 Å². The highest BCUT2D eigenvalue weighted by molar-refractivity contribution is 6.09. The molecule has 0 aliphatic carbocycles. The van der Waals surface area contributed by atoms with Crippen molar-refractivity contribution in [3.05, 3.63) is 214 Å². The van der Waals surface area contributed by atoms with Gasteiger partial charge in [0.05, 0.1) is 51.2 Å². The Morgan fingerprint density at radius 3 is 0.714 bits per heavy atom. The highest BCUT2D eigenvalue weighted by Gasteiger charge is 2.30. The van der Waals surface area contributed by atoms with E-state index in [-0.39, 0.29) is 0 Å². The first kappa shape index (κ1) is 55.2. The minimum Gasteiger partial charge on any atom is -0.466 e. The maximum absolute atomic E-state index is 12.8. The van der Waals surface area contributed by atoms with Crippen molar-refractivity contribution in [1.29, 1.82) is 0 Å². The Bertz CT molecular complexity index is 3880. The van der Waals surface area contributed by atoms with E-state index in [1.54, 1.807) is 24.3 Å². The van der Waals surface area contributed by atoms with Crippen LogP contribution in [0.1, 0.15) is 44.5 Å². The largest absolute Gasteiger partial charge is 0.466 e. The SMILES string of the molecule is COC(=O)/C=C/c1cc2c(cc1/C=C/C(=O)OC)-c1nc-2c(-c2ccc(C)cc2)c2ccc([nH]2)c(-c2ccc(C)cc2)c2nc(c(-c3ccc(C)cc3)c3ccc([nH]3)c1-c1ccc(C)cc1)-c1cc(/C=C/C(=O)OC)c(/C=C/C(=O)OC)cc1-2. The molecule has 9 aromatic rings. The Hall–Kier alpha value is -10.7. The number of rotatable bonds is 12. The number of methoxy groups -OCH3 is 4. The van der Waals surface area contributed by atoms with Crippen LogP contribution in [-0.4, -0.2) is 72.3 Å². The molecule has 414 valence electrons. The quantitative estimate of drug-likeness (QED) is 0.0684. The van der Waals surface area contributed by atoms with E-state index < -0.39 is 23.9 Å². The van der Waals surface area contributed by atoms with Gasteiger partial charge >= 0.3 is 23.9 Å². The first-order valence-electron chi connectivity index (χ1n) is 27.2. The molecule has 0 radical (unpaired) electrons. The number of hydrogen-bond acceptors (Lipinski definition) is 10. The molecule has 0 unspecified atom stereocenters. The standard InChI is InChI=1S/C72H58N4O8/c1-41-9-17-45(18-10-41)65-57-29-30-58(73-57)66(46-19-11-42(2)12-20-46)71-55-39-51(27-35-63(79)83-7)52(28-36-64(80)84-8)40-56(55)72(76-71)68(48-23-15-44(4)16-24-48)60-32-31-59(74-60)67(47-21-13-43(3)14-22-47)70-54-38-50(26-34-62(78)82-6)49(25-33-61(77)81-5)37-53(54)69(65)75-70/h9-40,73-74H,1-8H3/b33-25+,34-26+,35-27+,36-28+,65-57?,66-58?,67-59?,68-60?,69-65?,70-67?,71-66?,72-68?. The van der Waals surface area contributed by atoms with Gasteiger partial charge < -0.3 is 28.9 Å². The smallest absolute Gasteiger partial charge is 0.330 e. The van der Waals surface area contributed by atoms with Crippen LogP contribution >= 0.6 is 0 Å². The molecular weight excluding hydrogens is 1050 g/mol. The Labute approximate surface area is 486 Å². The summed E-state index contributed by atoms with van der Waals surface area (Å²) >= 11 is 0. The van der Waals surface area contributed by atoms with Gasteiger partial charge in [0.25, 0.3) is 0 Å². The zero-order valence-corrected chi connectivity index (χ0v) is 47.6. The molecule has 11 rings (SSSR count). The van der Waals surface area contributed by atoms with Crippen LogP contribution in [0.25, 0.3) is 136 Å². The van der Waals surface area contributed by atoms with Crippen LogP contribution in [0.2, 0.25) is 0 Å². The van der Waals surface area contributed by atoms with E-state index in [9.17, 15) is 19.2 Å². The van der Waals surface area contributed by atoms with Crippen LogP contribution in [0.3, 0.4) is 0 Å². The average molecular weight is 1110 g/mol. The van der Waals surface area contributed by atoms with Gasteiger partial charge in [-0.2, -0.15) is 0 Å². The molecule has 12 nitrogen and oxygen atoms in total. The van der Waals surface area contributed by atoms with E-state index in [0.717, 1.165) is 111 Å². The third kappa shape index (κ3) is 11.0. The number of nitrogens with zero attached hydrogens (tertiary/aromatic N) is 2. The molecule has 84 heavy (non-hydrogen) atoms. The fourth-order valence-electron chi connectivity index (χ4n) is 10.7. The molecule has 12 heteroatoms. The van der Waals surface area contributed by atoms with E-state index in [0.29, 0.717) is 45.0 Å². The minimum atomic E-state index is -0.550. The lowest BCUT2D eigenvalue weighted by Gasteiger charge is -2.12. The van der Waals surface area contributed by atoms with Crippen LogP contribution in [0.4, 0.5) is 0 Å². The van der Waals surface area contributed by atoms with Crippen LogP contribution in [0, 0.1) is 27.7 Å². The highest BCUT2D eigenvalue weighted by atomic mass is 16.5. The number of fused-ring (bicyclic) bond motifs is 14. The number of hydrogen-bond donors (Lipinski definition) is 2. The predicted octanol–water partition coefficient (Wildman–Crippen LogP) is 15.6. The normalized spacial score (nSPS) is 11.8. The third-order valence-electron chi connectivity index (χ3n) is 15.1. The lowest BCUT2D eigenvalue weighted by Crippen LogP contribution is -1.96. The summed E-state index contributed by atoms with van der Waals surface area (Å²) in [6.45, 7) is 8.21. The number of nitrogens with one attached hydrogen (secondary N) is 2. The summed E-state index contributed by atoms with van der Waals surface area (Å²) < 4.78 is 20.3. The van der Waals surface area contributed by atoms with Crippen molar-refractivity contribution in [1.82, 2.24) is 19.9 Å². The number of H-pyrrole nitrogens is 2. The van der Waals surface area contributed by atoms with E-state index in [4.69, 9.17) is 28.9 Å². The van der Waals surface area contributed by atoms with Gasteiger partial charge in [-0.05, 0) is 145 Å². The fourth-order valence-corrected chi connectivity index (χ4v) is 10.7. The van der Waals surface area contributed by atoms with Crippen molar-refractivity contribution in [2.24, 2.45) is 0 Å². The summed E-state index contributed by atoms with van der Waals surface area (Å²) in [5.41, 5.74) is 22.1. The van der Waals surface area contributed by atoms with E-state index >= 15 is 0 Å². The molecule has 2 aliphatic heterocycles. The number of aromatic nitrogens is 4. The van der Waals surface area contributed by atoms with Gasteiger partial charge in [-0.25, -0.2) is 29.1 Å². The van der Waals surface area contributed by atoms with Crippen LogP contribution in [0.15, 0.2) is 170 Å². The van der Waals surface area contributed by atoms with Crippen molar-refractivity contribution in [2.75, 3.05) is 28.4 Å². The Morgan fingerprint density at radius 1 is 0.321 bits per heavy atom. The van der Waals surface area contributed by atoms with Gasteiger partial charge in [-0.1, -0.05) is 119 Å². The van der Waals surface area contributed by atoms with Gasteiger partial charge in [-0.3, -0.25) is 0 Å². The van der Waals surface area contributed by atoms with Crippen molar-refractivity contribution in [3.8, 4) is 89.5 Å². The molecule has 2 N–H and O–H groups in total. The molecule has 0 atom stereocenters. The average Bonchev–Trinajstić information content (AvgIpc) is 2.94. The molecule has 0 amide bonds. The number of carbonyl (C=O) groups is 4. The Balaban J connectivity index is 1.40. The second-order valence-electron chi connectivity index (χ2n) is 20.6. The first-order valence-corrected chi connectivity index (χ1v) is 27.2. The summed E-state index contributed by atoms with van der Waals surface area (Å²) in [6, 6.07) is 49.7. The zero-order valence-electron chi connectivity index (χ0n) is 47.6. The monoisotopic (exact) mass is 1110 g/mol. The van der Waals surface area contributed by atoms with Gasteiger partial charge in [-0.15, -0.1) is 0 Å². The zero-order chi connectivity index (χ0) is 58.8. The number of aryl methyl sites for hydroxylation is 4. The highest BCUT2D eigenvalue weighted by Crippen LogP contribution is 2.51. The topological polar surface area (TPSA) is 163 Å². The van der Waals surface area contributed by atoms with E-state index in [2.05, 4.69) is 159 Å². The number of benzene rings is 6.